The Labute approximate surface area is 123 Å². The van der Waals surface area contributed by atoms with Crippen molar-refractivity contribution in [1.29, 1.82) is 0 Å². The first-order valence-electron chi connectivity index (χ1n) is 7.20. The van der Waals surface area contributed by atoms with E-state index in [0.717, 1.165) is 24.2 Å². The van der Waals surface area contributed by atoms with Crippen molar-refractivity contribution in [3.05, 3.63) is 69.3 Å². The minimum Gasteiger partial charge on any atom is -0.489 e. The summed E-state index contributed by atoms with van der Waals surface area (Å²) in [5.74, 6) is 0.869. The van der Waals surface area contributed by atoms with Gasteiger partial charge in [0, 0.05) is 12.1 Å². The summed E-state index contributed by atoms with van der Waals surface area (Å²) in [5.41, 5.74) is 3.86. The molecule has 0 aromatic heterocycles. The Morgan fingerprint density at radius 3 is 2.43 bits per heavy atom. The molecule has 0 atom stereocenters. The van der Waals surface area contributed by atoms with E-state index in [9.17, 15) is 10.1 Å². The van der Waals surface area contributed by atoms with Crippen molar-refractivity contribution in [2.45, 2.75) is 32.3 Å². The summed E-state index contributed by atoms with van der Waals surface area (Å²) in [6.07, 6.45) is 4.82. The molecule has 0 radical (unpaired) electrons. The van der Waals surface area contributed by atoms with Gasteiger partial charge >= 0.3 is 0 Å². The van der Waals surface area contributed by atoms with Crippen LogP contribution in [-0.4, -0.2) is 4.92 Å². The van der Waals surface area contributed by atoms with Crippen LogP contribution < -0.4 is 4.74 Å². The number of non-ortho nitro benzene ring substituents is 1. The molecule has 0 fully saturated rings. The lowest BCUT2D eigenvalue weighted by Gasteiger charge is -2.16. The summed E-state index contributed by atoms with van der Waals surface area (Å²) in [6, 6.07) is 12.8. The number of rotatable bonds is 4. The Morgan fingerprint density at radius 1 is 1.00 bits per heavy atom. The average Bonchev–Trinajstić information content (AvgIpc) is 2.53. The summed E-state index contributed by atoms with van der Waals surface area (Å²) in [7, 11) is 0. The molecule has 0 saturated heterocycles. The molecule has 0 unspecified atom stereocenters. The molecule has 21 heavy (non-hydrogen) atoms. The fraction of sp³-hybridized carbons (Fsp3) is 0.294. The molecule has 0 amide bonds. The smallest absolute Gasteiger partial charge is 0.269 e. The summed E-state index contributed by atoms with van der Waals surface area (Å²) in [4.78, 5) is 10.2. The van der Waals surface area contributed by atoms with Crippen LogP contribution in [0.15, 0.2) is 42.5 Å². The van der Waals surface area contributed by atoms with Crippen LogP contribution in [0.2, 0.25) is 0 Å². The SMILES string of the molecule is O=[N+]([O-])c1ccc(COc2ccc3c(c2)CCCC3)cc1. The molecule has 0 N–H and O–H groups in total. The molecule has 0 spiro atoms. The number of nitro groups is 1. The van der Waals surface area contributed by atoms with Gasteiger partial charge in [-0.1, -0.05) is 6.07 Å². The molecule has 4 nitrogen and oxygen atoms in total. The van der Waals surface area contributed by atoms with Crippen molar-refractivity contribution in [3.63, 3.8) is 0 Å². The molecule has 2 aromatic carbocycles. The van der Waals surface area contributed by atoms with Crippen molar-refractivity contribution < 1.29 is 9.66 Å². The highest BCUT2D eigenvalue weighted by atomic mass is 16.6. The van der Waals surface area contributed by atoms with Crippen LogP contribution in [0.25, 0.3) is 0 Å². The number of fused-ring (bicyclic) bond motifs is 1. The highest BCUT2D eigenvalue weighted by molar-refractivity contribution is 5.37. The van der Waals surface area contributed by atoms with Gasteiger partial charge in [0.1, 0.15) is 12.4 Å². The first kappa shape index (κ1) is 13.6. The number of hydrogen-bond acceptors (Lipinski definition) is 3. The molecule has 0 heterocycles. The van der Waals surface area contributed by atoms with Gasteiger partial charge < -0.3 is 4.74 Å². The second-order valence-corrected chi connectivity index (χ2v) is 5.35. The fourth-order valence-electron chi connectivity index (χ4n) is 2.68. The molecule has 0 saturated carbocycles. The van der Waals surface area contributed by atoms with E-state index in [4.69, 9.17) is 4.74 Å². The van der Waals surface area contributed by atoms with E-state index >= 15 is 0 Å². The number of nitrogens with zero attached hydrogens (tertiary/aromatic N) is 1. The first-order chi connectivity index (χ1) is 10.2. The van der Waals surface area contributed by atoms with E-state index in [1.165, 1.54) is 36.1 Å². The predicted octanol–water partition coefficient (Wildman–Crippen LogP) is 4.05. The van der Waals surface area contributed by atoms with E-state index in [-0.39, 0.29) is 5.69 Å². The predicted molar refractivity (Wildman–Crippen MR) is 80.5 cm³/mol. The molecular weight excluding hydrogens is 266 g/mol. The largest absolute Gasteiger partial charge is 0.489 e. The number of ether oxygens (including phenoxy) is 1. The van der Waals surface area contributed by atoms with Crippen LogP contribution in [-0.2, 0) is 19.4 Å². The number of benzene rings is 2. The minimum absolute atomic E-state index is 0.104. The van der Waals surface area contributed by atoms with Gasteiger partial charge in [-0.2, -0.15) is 0 Å². The summed E-state index contributed by atoms with van der Waals surface area (Å²) >= 11 is 0. The Balaban J connectivity index is 1.65. The van der Waals surface area contributed by atoms with E-state index in [1.54, 1.807) is 12.1 Å². The highest BCUT2D eigenvalue weighted by Crippen LogP contribution is 2.26. The van der Waals surface area contributed by atoms with Crippen LogP contribution in [0.5, 0.6) is 5.75 Å². The van der Waals surface area contributed by atoms with E-state index in [1.807, 2.05) is 6.07 Å². The monoisotopic (exact) mass is 283 g/mol. The third kappa shape index (κ3) is 3.21. The zero-order valence-corrected chi connectivity index (χ0v) is 11.7. The molecule has 1 aliphatic rings. The number of hydrogen-bond donors (Lipinski definition) is 0. The van der Waals surface area contributed by atoms with Crippen LogP contribution in [0.4, 0.5) is 5.69 Å². The summed E-state index contributed by atoms with van der Waals surface area (Å²) in [6.45, 7) is 0.427. The maximum Gasteiger partial charge on any atom is 0.269 e. The van der Waals surface area contributed by atoms with Crippen molar-refractivity contribution >= 4 is 5.69 Å². The second-order valence-electron chi connectivity index (χ2n) is 5.35. The Bertz CT molecular complexity index is 650. The number of nitro benzene ring substituents is 1. The van der Waals surface area contributed by atoms with Crippen LogP contribution in [0, 0.1) is 10.1 Å². The second kappa shape index (κ2) is 5.95. The Kier molecular flexibility index (Phi) is 3.86. The lowest BCUT2D eigenvalue weighted by molar-refractivity contribution is -0.384. The molecule has 0 bridgehead atoms. The maximum atomic E-state index is 10.6. The zero-order valence-electron chi connectivity index (χ0n) is 11.7. The van der Waals surface area contributed by atoms with Gasteiger partial charge in [-0.05, 0) is 66.6 Å². The van der Waals surface area contributed by atoms with Crippen LogP contribution in [0.3, 0.4) is 0 Å². The van der Waals surface area contributed by atoms with E-state index in [0.29, 0.717) is 6.61 Å². The maximum absolute atomic E-state index is 10.6. The molecular formula is C17H17NO3. The third-order valence-electron chi connectivity index (χ3n) is 3.87. The van der Waals surface area contributed by atoms with Gasteiger partial charge in [-0.15, -0.1) is 0 Å². The third-order valence-corrected chi connectivity index (χ3v) is 3.87. The van der Waals surface area contributed by atoms with Gasteiger partial charge in [0.2, 0.25) is 0 Å². The van der Waals surface area contributed by atoms with Crippen molar-refractivity contribution in [2.24, 2.45) is 0 Å². The molecule has 108 valence electrons. The van der Waals surface area contributed by atoms with E-state index in [2.05, 4.69) is 12.1 Å². The van der Waals surface area contributed by atoms with Crippen molar-refractivity contribution in [2.75, 3.05) is 0 Å². The Hall–Kier alpha value is -2.36. The fourth-order valence-corrected chi connectivity index (χ4v) is 2.68. The van der Waals surface area contributed by atoms with Gasteiger partial charge in [-0.25, -0.2) is 0 Å². The molecule has 1 aliphatic carbocycles. The lowest BCUT2D eigenvalue weighted by Crippen LogP contribution is -2.03. The highest BCUT2D eigenvalue weighted by Gasteiger charge is 2.10. The van der Waals surface area contributed by atoms with Gasteiger partial charge in [-0.3, -0.25) is 10.1 Å². The summed E-state index contributed by atoms with van der Waals surface area (Å²) < 4.78 is 5.79. The minimum atomic E-state index is -0.395. The standard InChI is InChI=1S/C17H17NO3/c19-18(20)16-8-5-13(6-9-16)12-21-17-10-7-14-3-1-2-4-15(14)11-17/h5-11H,1-4,12H2. The summed E-state index contributed by atoms with van der Waals surface area (Å²) in [5, 5.41) is 10.6. The lowest BCUT2D eigenvalue weighted by atomic mass is 9.92. The van der Waals surface area contributed by atoms with Gasteiger partial charge in [0.15, 0.2) is 0 Å². The van der Waals surface area contributed by atoms with Gasteiger partial charge in [0.25, 0.3) is 5.69 Å². The van der Waals surface area contributed by atoms with E-state index < -0.39 is 4.92 Å². The number of aryl methyl sites for hydroxylation is 2. The first-order valence-corrected chi connectivity index (χ1v) is 7.20. The molecule has 2 aromatic rings. The Morgan fingerprint density at radius 2 is 1.71 bits per heavy atom. The molecule has 3 rings (SSSR count). The normalized spacial score (nSPS) is 13.5. The quantitative estimate of drug-likeness (QED) is 0.628. The molecule has 0 aliphatic heterocycles. The molecule has 4 heteroatoms. The average molecular weight is 283 g/mol. The van der Waals surface area contributed by atoms with Gasteiger partial charge in [0.05, 0.1) is 4.92 Å². The zero-order chi connectivity index (χ0) is 14.7. The topological polar surface area (TPSA) is 52.4 Å². The van der Waals surface area contributed by atoms with Crippen molar-refractivity contribution in [3.8, 4) is 5.75 Å². The van der Waals surface area contributed by atoms with Crippen molar-refractivity contribution in [1.82, 2.24) is 0 Å². The van der Waals surface area contributed by atoms with Crippen LogP contribution >= 0.6 is 0 Å². The van der Waals surface area contributed by atoms with Crippen LogP contribution in [0.1, 0.15) is 29.5 Å².